The normalized spacial score (nSPS) is 21.6. The summed E-state index contributed by atoms with van der Waals surface area (Å²) < 4.78 is 0. The van der Waals surface area contributed by atoms with Gasteiger partial charge in [-0.2, -0.15) is 0 Å². The number of nitrogens with zero attached hydrogens (tertiary/aromatic N) is 2. The summed E-state index contributed by atoms with van der Waals surface area (Å²) in [5.74, 6) is -1.38. The average Bonchev–Trinajstić information content (AvgIpc) is 3.34. The summed E-state index contributed by atoms with van der Waals surface area (Å²) >= 11 is 0. The molecule has 1 aliphatic heterocycles. The van der Waals surface area contributed by atoms with Crippen LogP contribution in [0.25, 0.3) is 0 Å². The van der Waals surface area contributed by atoms with Gasteiger partial charge in [-0.25, -0.2) is 0 Å². The highest BCUT2D eigenvalue weighted by Crippen LogP contribution is 2.32. The lowest BCUT2D eigenvalue weighted by atomic mass is 10.1. The number of rotatable bonds is 7. The van der Waals surface area contributed by atoms with Gasteiger partial charge in [-0.15, -0.1) is 0 Å². The largest absolute Gasteiger partial charge is 0.356 e. The van der Waals surface area contributed by atoms with Crippen LogP contribution < -0.4 is 5.32 Å². The van der Waals surface area contributed by atoms with Crippen molar-refractivity contribution in [3.63, 3.8) is 0 Å². The first-order chi connectivity index (χ1) is 11.5. The molecule has 24 heavy (non-hydrogen) atoms. The second-order valence-corrected chi connectivity index (χ2v) is 6.00. The van der Waals surface area contributed by atoms with Gasteiger partial charge in [0.1, 0.15) is 5.92 Å². The number of hydrogen-bond donors (Lipinski definition) is 1. The van der Waals surface area contributed by atoms with E-state index in [0.717, 1.165) is 0 Å². The van der Waals surface area contributed by atoms with Gasteiger partial charge in [0.15, 0.2) is 0 Å². The first kappa shape index (κ1) is 16.1. The molecule has 2 aliphatic rings. The number of benzene rings is 1. The van der Waals surface area contributed by atoms with E-state index in [0.29, 0.717) is 43.5 Å². The molecular weight excluding hydrogens is 314 g/mol. The van der Waals surface area contributed by atoms with Gasteiger partial charge in [-0.05, 0) is 25.0 Å². The Morgan fingerprint density at radius 1 is 1.21 bits per heavy atom. The summed E-state index contributed by atoms with van der Waals surface area (Å²) in [6, 6.07) is 5.97. The highest BCUT2D eigenvalue weighted by Gasteiger charge is 2.53. The second-order valence-electron chi connectivity index (χ2n) is 6.00. The van der Waals surface area contributed by atoms with Crippen LogP contribution in [0.3, 0.4) is 0 Å². The maximum absolute atomic E-state index is 12.1. The quantitative estimate of drug-likeness (QED) is 0.345. The zero-order valence-electron chi connectivity index (χ0n) is 12.9. The molecule has 0 spiro atoms. The topological polar surface area (TPSA) is 110 Å². The van der Waals surface area contributed by atoms with Crippen LogP contribution in [0.15, 0.2) is 24.3 Å². The van der Waals surface area contributed by atoms with E-state index in [2.05, 4.69) is 5.32 Å². The van der Waals surface area contributed by atoms with Gasteiger partial charge in [-0.3, -0.25) is 29.4 Å². The fourth-order valence-electron chi connectivity index (χ4n) is 2.88. The van der Waals surface area contributed by atoms with Crippen LogP contribution in [0.4, 0.5) is 0 Å². The van der Waals surface area contributed by atoms with Crippen molar-refractivity contribution in [2.75, 3.05) is 13.1 Å². The number of fused-ring (bicyclic) bond motifs is 1. The van der Waals surface area contributed by atoms with Crippen molar-refractivity contribution < 1.29 is 19.3 Å². The predicted molar refractivity (Wildman–Crippen MR) is 82.9 cm³/mol. The summed E-state index contributed by atoms with van der Waals surface area (Å²) in [5.41, 5.74) is 0.853. The zero-order valence-corrected chi connectivity index (χ0v) is 12.9. The van der Waals surface area contributed by atoms with Gasteiger partial charge >= 0.3 is 0 Å². The van der Waals surface area contributed by atoms with E-state index in [1.807, 2.05) is 0 Å². The minimum atomic E-state index is -0.747. The van der Waals surface area contributed by atoms with Crippen molar-refractivity contribution in [2.24, 2.45) is 5.92 Å². The lowest BCUT2D eigenvalue weighted by molar-refractivity contribution is -0.497. The molecule has 1 heterocycles. The number of unbranched alkanes of at least 4 members (excludes halogenated alkanes) is 1. The number of carbonyl (C=O) groups is 3. The van der Waals surface area contributed by atoms with E-state index in [1.165, 1.54) is 4.90 Å². The first-order valence-electron chi connectivity index (χ1n) is 7.87. The minimum Gasteiger partial charge on any atom is -0.356 e. The number of imide groups is 1. The van der Waals surface area contributed by atoms with Crippen molar-refractivity contribution >= 4 is 17.7 Å². The number of nitro groups is 1. The Kier molecular flexibility index (Phi) is 4.28. The summed E-state index contributed by atoms with van der Waals surface area (Å²) in [5, 5.41) is 13.2. The molecule has 3 rings (SSSR count). The van der Waals surface area contributed by atoms with Gasteiger partial charge in [0.05, 0.1) is 11.1 Å². The molecule has 8 heteroatoms. The van der Waals surface area contributed by atoms with Crippen LogP contribution in [0.5, 0.6) is 0 Å². The fourth-order valence-corrected chi connectivity index (χ4v) is 2.88. The monoisotopic (exact) mass is 331 g/mol. The van der Waals surface area contributed by atoms with Gasteiger partial charge in [-0.1, -0.05) is 12.1 Å². The summed E-state index contributed by atoms with van der Waals surface area (Å²) in [4.78, 5) is 47.3. The zero-order chi connectivity index (χ0) is 17.3. The van der Waals surface area contributed by atoms with Crippen molar-refractivity contribution in [1.82, 2.24) is 10.2 Å². The number of amides is 3. The molecule has 126 valence electrons. The third kappa shape index (κ3) is 2.99. The average molecular weight is 331 g/mol. The van der Waals surface area contributed by atoms with Gasteiger partial charge in [0.2, 0.25) is 11.9 Å². The van der Waals surface area contributed by atoms with Crippen LogP contribution in [0.2, 0.25) is 0 Å². The van der Waals surface area contributed by atoms with Crippen molar-refractivity contribution in [3.8, 4) is 0 Å². The molecule has 1 aromatic carbocycles. The van der Waals surface area contributed by atoms with Gasteiger partial charge < -0.3 is 5.32 Å². The molecule has 8 nitrogen and oxygen atoms in total. The maximum Gasteiger partial charge on any atom is 0.261 e. The molecule has 1 saturated carbocycles. The van der Waals surface area contributed by atoms with Crippen molar-refractivity contribution in [2.45, 2.75) is 25.3 Å². The Labute approximate surface area is 138 Å². The van der Waals surface area contributed by atoms with Crippen molar-refractivity contribution in [3.05, 3.63) is 45.5 Å². The highest BCUT2D eigenvalue weighted by molar-refractivity contribution is 6.21. The lowest BCUT2D eigenvalue weighted by Crippen LogP contribution is -2.32. The van der Waals surface area contributed by atoms with E-state index in [1.54, 1.807) is 24.3 Å². The van der Waals surface area contributed by atoms with Crippen LogP contribution in [-0.4, -0.2) is 46.7 Å². The lowest BCUT2D eigenvalue weighted by Gasteiger charge is -2.13. The Balaban J connectivity index is 1.39. The molecular formula is C16H17N3O5. The summed E-state index contributed by atoms with van der Waals surface area (Å²) in [6.45, 7) is 0.673. The Morgan fingerprint density at radius 3 is 2.38 bits per heavy atom. The number of nitrogens with one attached hydrogen (secondary N) is 1. The van der Waals surface area contributed by atoms with E-state index in [4.69, 9.17) is 0 Å². The van der Waals surface area contributed by atoms with E-state index < -0.39 is 16.9 Å². The standard InChI is InChI=1S/C16H17N3O5/c20-14(12-9-13(12)19(23)24)17-7-3-4-8-18-15(21)10-5-1-2-6-11(10)16(18)22/h1-2,5-6,12-13H,3-4,7-9H2,(H,17,20)/t12-,13-/m1/s1. The Hall–Kier alpha value is -2.77. The van der Waals surface area contributed by atoms with E-state index >= 15 is 0 Å². The minimum absolute atomic E-state index is 0.286. The third-order valence-electron chi connectivity index (χ3n) is 4.35. The smallest absolute Gasteiger partial charge is 0.261 e. The molecule has 0 saturated heterocycles. The first-order valence-corrected chi connectivity index (χ1v) is 7.87. The molecule has 1 N–H and O–H groups in total. The maximum atomic E-state index is 12.1. The highest BCUT2D eigenvalue weighted by atomic mass is 16.6. The van der Waals surface area contributed by atoms with Crippen molar-refractivity contribution in [1.29, 1.82) is 0 Å². The fraction of sp³-hybridized carbons (Fsp3) is 0.438. The van der Waals surface area contributed by atoms with E-state index in [9.17, 15) is 24.5 Å². The Bertz CT molecular complexity index is 682. The molecule has 0 bridgehead atoms. The third-order valence-corrected chi connectivity index (χ3v) is 4.35. The van der Waals surface area contributed by atoms with Crippen LogP contribution in [0.1, 0.15) is 40.0 Å². The molecule has 1 fully saturated rings. The molecule has 0 unspecified atom stereocenters. The predicted octanol–water partition coefficient (Wildman–Crippen LogP) is 0.844. The van der Waals surface area contributed by atoms with Gasteiger partial charge in [0.25, 0.3) is 11.8 Å². The molecule has 0 radical (unpaired) electrons. The molecule has 3 amide bonds. The van der Waals surface area contributed by atoms with Crippen LogP contribution in [-0.2, 0) is 4.79 Å². The molecule has 1 aromatic rings. The second kappa shape index (κ2) is 6.38. The summed E-state index contributed by atoms with van der Waals surface area (Å²) in [7, 11) is 0. The Morgan fingerprint density at radius 2 is 1.83 bits per heavy atom. The number of hydrogen-bond acceptors (Lipinski definition) is 5. The SMILES string of the molecule is O=C(NCCCCN1C(=O)c2ccccc2C1=O)[C@@H]1C[C@H]1[N+](=O)[O-]. The summed E-state index contributed by atoms with van der Waals surface area (Å²) in [6.07, 6.45) is 1.46. The van der Waals surface area contributed by atoms with E-state index in [-0.39, 0.29) is 17.7 Å². The molecule has 0 aromatic heterocycles. The molecule has 2 atom stereocenters. The molecule has 1 aliphatic carbocycles. The number of carbonyl (C=O) groups excluding carboxylic acids is 3. The van der Waals surface area contributed by atoms with Crippen LogP contribution >= 0.6 is 0 Å². The van der Waals surface area contributed by atoms with Gasteiger partial charge in [0, 0.05) is 24.4 Å². The van der Waals surface area contributed by atoms with Crippen LogP contribution in [0, 0.1) is 16.0 Å².